The molecule has 0 radical (unpaired) electrons. The monoisotopic (exact) mass is 457 g/mol. The Kier molecular flexibility index (Phi) is 7.60. The minimum Gasteiger partial charge on any atom is -0.384 e. The van der Waals surface area contributed by atoms with E-state index < -0.39 is 22.0 Å². The molecule has 1 aliphatic heterocycles. The van der Waals surface area contributed by atoms with Gasteiger partial charge in [0.15, 0.2) is 0 Å². The van der Waals surface area contributed by atoms with Gasteiger partial charge in [-0.3, -0.25) is 15.0 Å². The largest absolute Gasteiger partial charge is 0.384 e. The van der Waals surface area contributed by atoms with Crippen molar-refractivity contribution in [3.8, 4) is 0 Å². The van der Waals surface area contributed by atoms with E-state index in [4.69, 9.17) is 11.1 Å². The molecule has 1 saturated heterocycles. The summed E-state index contributed by atoms with van der Waals surface area (Å²) < 4.78 is 26.7. The summed E-state index contributed by atoms with van der Waals surface area (Å²) >= 11 is 0. The second-order valence-electron chi connectivity index (χ2n) is 7.60. The van der Waals surface area contributed by atoms with Crippen molar-refractivity contribution in [1.29, 1.82) is 5.41 Å². The number of carbonyl (C=O) groups excluding carboxylic acids is 2. The number of nitrogen functional groups attached to an aromatic ring is 1. The molecule has 2 amide bonds. The Balaban J connectivity index is 1.43. The van der Waals surface area contributed by atoms with Crippen LogP contribution in [0, 0.1) is 5.41 Å². The molecule has 170 valence electrons. The lowest BCUT2D eigenvalue weighted by molar-refractivity contribution is -0.146. The lowest BCUT2D eigenvalue weighted by atomic mass is 10.0. The van der Waals surface area contributed by atoms with Crippen molar-refractivity contribution < 1.29 is 18.0 Å². The number of carbonyl (C=O) groups is 2. The van der Waals surface area contributed by atoms with Gasteiger partial charge in [0, 0.05) is 18.7 Å². The van der Waals surface area contributed by atoms with Crippen LogP contribution in [0.2, 0.25) is 0 Å². The van der Waals surface area contributed by atoms with E-state index in [0.717, 1.165) is 11.1 Å². The highest BCUT2D eigenvalue weighted by Crippen LogP contribution is 2.18. The molecular formula is C22H27N5O4S. The molecule has 1 heterocycles. The number of amides is 2. The molecular weight excluding hydrogens is 430 g/mol. The molecule has 0 spiro atoms. The van der Waals surface area contributed by atoms with Gasteiger partial charge >= 0.3 is 0 Å². The predicted molar refractivity (Wildman–Crippen MR) is 121 cm³/mol. The third-order valence-electron chi connectivity index (χ3n) is 5.32. The van der Waals surface area contributed by atoms with Crippen molar-refractivity contribution in [2.75, 3.05) is 18.8 Å². The number of nitrogens with two attached hydrogens (primary N) is 1. The number of amidine groups is 1. The number of rotatable bonds is 10. The lowest BCUT2D eigenvalue weighted by Gasteiger charge is -2.39. The van der Waals surface area contributed by atoms with Crippen molar-refractivity contribution in [2.24, 2.45) is 5.73 Å². The second kappa shape index (κ2) is 10.4. The van der Waals surface area contributed by atoms with Gasteiger partial charge in [-0.2, -0.15) is 0 Å². The summed E-state index contributed by atoms with van der Waals surface area (Å²) in [6.07, 6.45) is 0.883. The maximum absolute atomic E-state index is 12.5. The first-order valence-electron chi connectivity index (χ1n) is 10.3. The zero-order valence-electron chi connectivity index (χ0n) is 17.6. The summed E-state index contributed by atoms with van der Waals surface area (Å²) in [6.45, 7) is 0.324. The number of hydrogen-bond acceptors (Lipinski definition) is 5. The van der Waals surface area contributed by atoms with E-state index in [9.17, 15) is 18.0 Å². The Labute approximate surface area is 187 Å². The molecule has 3 rings (SSSR count). The molecule has 1 aliphatic rings. The van der Waals surface area contributed by atoms with Crippen LogP contribution in [0.25, 0.3) is 0 Å². The molecule has 0 aliphatic carbocycles. The zero-order chi connectivity index (χ0) is 23.1. The topological polar surface area (TPSA) is 145 Å². The molecule has 10 heteroatoms. The van der Waals surface area contributed by atoms with Crippen molar-refractivity contribution in [1.82, 2.24) is 14.9 Å². The van der Waals surface area contributed by atoms with Crippen LogP contribution in [-0.4, -0.2) is 55.9 Å². The van der Waals surface area contributed by atoms with Crippen LogP contribution < -0.4 is 15.8 Å². The molecule has 2 aromatic carbocycles. The summed E-state index contributed by atoms with van der Waals surface area (Å²) in [5.74, 6) is -0.853. The number of nitrogens with zero attached hydrogens (tertiary/aromatic N) is 1. The minimum atomic E-state index is -3.61. The molecule has 0 saturated carbocycles. The average Bonchev–Trinajstić information content (AvgIpc) is 2.75. The summed E-state index contributed by atoms with van der Waals surface area (Å²) in [7, 11) is -3.61. The molecule has 0 aromatic heterocycles. The average molecular weight is 458 g/mol. The third kappa shape index (κ3) is 6.38. The number of likely N-dealkylation sites (tertiary alicyclic amines) is 1. The van der Waals surface area contributed by atoms with Gasteiger partial charge in [-0.05, 0) is 24.0 Å². The second-order valence-corrected chi connectivity index (χ2v) is 9.52. The number of nitrogens with one attached hydrogen (secondary N) is 3. The van der Waals surface area contributed by atoms with E-state index in [1.807, 2.05) is 30.3 Å². The minimum absolute atomic E-state index is 0.0279. The molecule has 1 unspecified atom stereocenters. The van der Waals surface area contributed by atoms with E-state index in [1.165, 1.54) is 4.90 Å². The van der Waals surface area contributed by atoms with Gasteiger partial charge in [-0.15, -0.1) is 0 Å². The summed E-state index contributed by atoms with van der Waals surface area (Å²) in [4.78, 5) is 26.3. The fourth-order valence-electron chi connectivity index (χ4n) is 3.31. The number of aryl methyl sites for hydroxylation is 1. The molecule has 32 heavy (non-hydrogen) atoms. The fraction of sp³-hybridized carbons (Fsp3) is 0.318. The van der Waals surface area contributed by atoms with Gasteiger partial charge in [0.2, 0.25) is 21.8 Å². The summed E-state index contributed by atoms with van der Waals surface area (Å²) in [6, 6.07) is 15.6. The predicted octanol–water partition coefficient (Wildman–Crippen LogP) is 0.350. The van der Waals surface area contributed by atoms with Gasteiger partial charge < -0.3 is 16.0 Å². The van der Waals surface area contributed by atoms with Gasteiger partial charge in [0.25, 0.3) is 0 Å². The standard InChI is InChI=1S/C22H27N5O4S/c23-21(24)18-8-6-17(7-9-18)14-25-22(29)19-10-12-27(19)20(28)15-26-32(30,31)13-11-16-4-2-1-3-5-16/h1-9,19,26H,10-15H2,(H3,23,24)(H,25,29). The Hall–Kier alpha value is -3.24. The van der Waals surface area contributed by atoms with Crippen LogP contribution in [0.1, 0.15) is 23.1 Å². The van der Waals surface area contributed by atoms with Crippen molar-refractivity contribution >= 4 is 27.7 Å². The summed E-state index contributed by atoms with van der Waals surface area (Å²) in [5, 5.41) is 10.2. The molecule has 2 aromatic rings. The SMILES string of the molecule is N=C(N)c1ccc(CNC(=O)C2CCN2C(=O)CNS(=O)(=O)CCc2ccccc2)cc1. The van der Waals surface area contributed by atoms with Crippen LogP contribution >= 0.6 is 0 Å². The van der Waals surface area contributed by atoms with E-state index in [1.54, 1.807) is 24.3 Å². The molecule has 1 atom stereocenters. The van der Waals surface area contributed by atoms with Crippen LogP contribution in [0.4, 0.5) is 0 Å². The van der Waals surface area contributed by atoms with Crippen LogP contribution in [0.3, 0.4) is 0 Å². The molecule has 9 nitrogen and oxygen atoms in total. The van der Waals surface area contributed by atoms with Gasteiger partial charge in [0.1, 0.15) is 11.9 Å². The highest BCUT2D eigenvalue weighted by molar-refractivity contribution is 7.89. The quantitative estimate of drug-likeness (QED) is 0.300. The Morgan fingerprint density at radius 3 is 2.34 bits per heavy atom. The molecule has 0 bridgehead atoms. The molecule has 5 N–H and O–H groups in total. The lowest BCUT2D eigenvalue weighted by Crippen LogP contribution is -2.60. The normalized spacial score (nSPS) is 15.6. The van der Waals surface area contributed by atoms with E-state index in [2.05, 4.69) is 10.0 Å². The number of hydrogen-bond donors (Lipinski definition) is 4. The Morgan fingerprint density at radius 1 is 1.06 bits per heavy atom. The first kappa shape index (κ1) is 23.4. The van der Waals surface area contributed by atoms with Crippen LogP contribution in [-0.2, 0) is 32.6 Å². The van der Waals surface area contributed by atoms with Crippen molar-refractivity contribution in [3.05, 3.63) is 71.3 Å². The van der Waals surface area contributed by atoms with Crippen LogP contribution in [0.5, 0.6) is 0 Å². The van der Waals surface area contributed by atoms with Crippen molar-refractivity contribution in [3.63, 3.8) is 0 Å². The van der Waals surface area contributed by atoms with Gasteiger partial charge in [-0.25, -0.2) is 13.1 Å². The van der Waals surface area contributed by atoms with E-state index in [0.29, 0.717) is 24.9 Å². The zero-order valence-corrected chi connectivity index (χ0v) is 18.4. The number of sulfonamides is 1. The fourth-order valence-corrected chi connectivity index (χ4v) is 4.30. The van der Waals surface area contributed by atoms with Crippen molar-refractivity contribution in [2.45, 2.75) is 25.4 Å². The number of benzene rings is 2. The summed E-state index contributed by atoms with van der Waals surface area (Å²) in [5.41, 5.74) is 7.76. The highest BCUT2D eigenvalue weighted by atomic mass is 32.2. The van der Waals surface area contributed by atoms with Gasteiger partial charge in [0.05, 0.1) is 12.3 Å². The first-order valence-corrected chi connectivity index (χ1v) is 11.9. The van der Waals surface area contributed by atoms with Crippen LogP contribution in [0.15, 0.2) is 54.6 Å². The van der Waals surface area contributed by atoms with E-state index >= 15 is 0 Å². The maximum atomic E-state index is 12.5. The Bertz CT molecular complexity index is 1070. The maximum Gasteiger partial charge on any atom is 0.243 e. The first-order chi connectivity index (χ1) is 15.2. The molecule has 1 fully saturated rings. The Morgan fingerprint density at radius 2 is 1.75 bits per heavy atom. The third-order valence-corrected chi connectivity index (χ3v) is 6.65. The smallest absolute Gasteiger partial charge is 0.243 e. The van der Waals surface area contributed by atoms with Gasteiger partial charge in [-0.1, -0.05) is 54.6 Å². The highest BCUT2D eigenvalue weighted by Gasteiger charge is 2.37. The van der Waals surface area contributed by atoms with E-state index in [-0.39, 0.29) is 30.6 Å².